The van der Waals surface area contributed by atoms with E-state index in [-0.39, 0.29) is 29.1 Å². The van der Waals surface area contributed by atoms with Crippen LogP contribution < -0.4 is 19.5 Å². The minimum absolute atomic E-state index is 0.00803. The van der Waals surface area contributed by atoms with Gasteiger partial charge in [-0.3, -0.25) is 4.79 Å². The van der Waals surface area contributed by atoms with E-state index >= 15 is 0 Å². The van der Waals surface area contributed by atoms with Gasteiger partial charge in [0.05, 0.1) is 14.2 Å². The molecule has 0 saturated carbocycles. The Morgan fingerprint density at radius 2 is 2.10 bits per heavy atom. The minimum atomic E-state index is -3.75. The third kappa shape index (κ3) is 3.64. The molecule has 0 aliphatic carbocycles. The second kappa shape index (κ2) is 6.31. The molecule has 1 unspecified atom stereocenters. The molecule has 116 valence electrons. The number of ether oxygens (including phenoxy) is 2. The molecule has 1 fully saturated rings. The average molecular weight is 314 g/mol. The van der Waals surface area contributed by atoms with Gasteiger partial charge in [-0.1, -0.05) is 0 Å². The largest absolute Gasteiger partial charge is 0.497 e. The zero-order chi connectivity index (χ0) is 15.5. The summed E-state index contributed by atoms with van der Waals surface area (Å²) in [6, 6.07) is 4.37. The second-order valence-corrected chi connectivity index (χ2v) is 6.41. The lowest BCUT2D eigenvalue weighted by Gasteiger charge is -2.14. The minimum Gasteiger partial charge on any atom is -0.497 e. The maximum absolute atomic E-state index is 12.4. The molecule has 1 aromatic rings. The van der Waals surface area contributed by atoms with Crippen molar-refractivity contribution in [1.82, 2.24) is 10.0 Å². The summed E-state index contributed by atoms with van der Waals surface area (Å²) >= 11 is 0. The smallest absolute Gasteiger partial charge is 0.244 e. The number of hydrogen-bond acceptors (Lipinski definition) is 5. The van der Waals surface area contributed by atoms with Crippen LogP contribution in [0.1, 0.15) is 12.8 Å². The van der Waals surface area contributed by atoms with Crippen LogP contribution in [0, 0.1) is 0 Å². The van der Waals surface area contributed by atoms with E-state index in [0.29, 0.717) is 18.6 Å². The van der Waals surface area contributed by atoms with E-state index in [1.165, 1.54) is 26.4 Å². The zero-order valence-electron chi connectivity index (χ0n) is 11.9. The number of sulfonamides is 1. The highest BCUT2D eigenvalue weighted by molar-refractivity contribution is 7.89. The van der Waals surface area contributed by atoms with Crippen molar-refractivity contribution in [3.8, 4) is 11.5 Å². The highest BCUT2D eigenvalue weighted by atomic mass is 32.2. The van der Waals surface area contributed by atoms with E-state index in [0.717, 1.165) is 0 Å². The third-order valence-corrected chi connectivity index (χ3v) is 4.71. The molecule has 2 N–H and O–H groups in total. The predicted octanol–water partition coefficient (Wildman–Crippen LogP) is 0.261. The first-order valence-corrected chi connectivity index (χ1v) is 7.95. The number of nitrogens with one attached hydrogen (secondary N) is 2. The number of hydrogen-bond donors (Lipinski definition) is 2. The van der Waals surface area contributed by atoms with E-state index in [1.807, 2.05) is 0 Å². The molecule has 7 nitrogen and oxygen atoms in total. The standard InChI is InChI=1S/C13H18N2O5S/c1-19-10-4-5-11(20-2)12(7-10)21(17,18)14-8-9-3-6-13(16)15-9/h4-5,7,9,14H,3,6,8H2,1-2H3,(H,15,16). The highest BCUT2D eigenvalue weighted by Gasteiger charge is 2.25. The van der Waals surface area contributed by atoms with E-state index in [1.54, 1.807) is 6.07 Å². The van der Waals surface area contributed by atoms with Gasteiger partial charge in [0.15, 0.2) is 0 Å². The van der Waals surface area contributed by atoms with Crippen LogP contribution in [-0.4, -0.2) is 41.1 Å². The van der Waals surface area contributed by atoms with Gasteiger partial charge in [0.2, 0.25) is 15.9 Å². The second-order valence-electron chi connectivity index (χ2n) is 4.67. The Kier molecular flexibility index (Phi) is 4.69. The van der Waals surface area contributed by atoms with E-state index < -0.39 is 10.0 Å². The molecule has 0 radical (unpaired) electrons. The average Bonchev–Trinajstić information content (AvgIpc) is 2.90. The first kappa shape index (κ1) is 15.6. The van der Waals surface area contributed by atoms with Crippen molar-refractivity contribution in [3.05, 3.63) is 18.2 Å². The summed E-state index contributed by atoms with van der Waals surface area (Å²) in [6.45, 7) is 0.147. The monoisotopic (exact) mass is 314 g/mol. The third-order valence-electron chi connectivity index (χ3n) is 3.27. The zero-order valence-corrected chi connectivity index (χ0v) is 12.7. The molecule has 8 heteroatoms. The molecule has 1 aliphatic rings. The molecule has 0 bridgehead atoms. The van der Waals surface area contributed by atoms with Crippen molar-refractivity contribution in [2.45, 2.75) is 23.8 Å². The van der Waals surface area contributed by atoms with Crippen LogP contribution in [0.15, 0.2) is 23.1 Å². The lowest BCUT2D eigenvalue weighted by molar-refractivity contribution is -0.119. The van der Waals surface area contributed by atoms with Gasteiger partial charge in [0, 0.05) is 25.1 Å². The summed E-state index contributed by atoms with van der Waals surface area (Å²) in [7, 11) is -0.888. The Balaban J connectivity index is 2.16. The number of carbonyl (C=O) groups excluding carboxylic acids is 1. The molecule has 21 heavy (non-hydrogen) atoms. The summed E-state index contributed by atoms with van der Waals surface area (Å²) in [6.07, 6.45) is 1.05. The lowest BCUT2D eigenvalue weighted by atomic mass is 10.2. The van der Waals surface area contributed by atoms with E-state index in [2.05, 4.69) is 10.0 Å². The Morgan fingerprint density at radius 3 is 2.67 bits per heavy atom. The molecular weight excluding hydrogens is 296 g/mol. The fourth-order valence-electron chi connectivity index (χ4n) is 2.11. The Hall–Kier alpha value is -1.80. The van der Waals surface area contributed by atoms with Crippen molar-refractivity contribution < 1.29 is 22.7 Å². The van der Waals surface area contributed by atoms with Crippen LogP contribution in [-0.2, 0) is 14.8 Å². The SMILES string of the molecule is COc1ccc(OC)c(S(=O)(=O)NCC2CCC(=O)N2)c1. The summed E-state index contributed by atoms with van der Waals surface area (Å²) in [5, 5.41) is 2.71. The molecule has 0 spiro atoms. The quantitative estimate of drug-likeness (QED) is 0.785. The summed E-state index contributed by atoms with van der Waals surface area (Å²) in [5.74, 6) is 0.599. The molecule has 2 rings (SSSR count). The summed E-state index contributed by atoms with van der Waals surface area (Å²) in [4.78, 5) is 11.1. The predicted molar refractivity (Wildman–Crippen MR) is 75.9 cm³/mol. The fraction of sp³-hybridized carbons (Fsp3) is 0.462. The van der Waals surface area contributed by atoms with E-state index in [4.69, 9.17) is 9.47 Å². The normalized spacial score (nSPS) is 18.4. The molecular formula is C13H18N2O5S. The number of rotatable bonds is 6. The van der Waals surface area contributed by atoms with Gasteiger partial charge in [-0.25, -0.2) is 13.1 Å². The van der Waals surface area contributed by atoms with Crippen LogP contribution in [0.4, 0.5) is 0 Å². The van der Waals surface area contributed by atoms with Crippen molar-refractivity contribution in [2.75, 3.05) is 20.8 Å². The number of carbonyl (C=O) groups is 1. The Bertz CT molecular complexity index is 629. The molecule has 1 atom stereocenters. The first-order chi connectivity index (χ1) is 9.96. The van der Waals surface area contributed by atoms with Gasteiger partial charge in [0.25, 0.3) is 0 Å². The van der Waals surface area contributed by atoms with Crippen LogP contribution in [0.5, 0.6) is 11.5 Å². The number of amides is 1. The van der Waals surface area contributed by atoms with Gasteiger partial charge < -0.3 is 14.8 Å². The van der Waals surface area contributed by atoms with Crippen LogP contribution in [0.2, 0.25) is 0 Å². The number of methoxy groups -OCH3 is 2. The molecule has 1 amide bonds. The topological polar surface area (TPSA) is 93.7 Å². The van der Waals surface area contributed by atoms with Gasteiger partial charge >= 0.3 is 0 Å². The van der Waals surface area contributed by atoms with Crippen molar-refractivity contribution in [3.63, 3.8) is 0 Å². The molecule has 0 aromatic heterocycles. The van der Waals surface area contributed by atoms with Gasteiger partial charge in [-0.2, -0.15) is 0 Å². The fourth-order valence-corrected chi connectivity index (χ4v) is 3.38. The van der Waals surface area contributed by atoms with Crippen LogP contribution in [0.3, 0.4) is 0 Å². The maximum atomic E-state index is 12.4. The summed E-state index contributed by atoms with van der Waals surface area (Å²) < 4.78 is 37.3. The molecule has 1 saturated heterocycles. The lowest BCUT2D eigenvalue weighted by Crippen LogP contribution is -2.38. The highest BCUT2D eigenvalue weighted by Crippen LogP contribution is 2.28. The molecule has 1 aliphatic heterocycles. The summed E-state index contributed by atoms with van der Waals surface area (Å²) in [5.41, 5.74) is 0. The van der Waals surface area contributed by atoms with Gasteiger partial charge in [-0.05, 0) is 18.6 Å². The van der Waals surface area contributed by atoms with Crippen molar-refractivity contribution >= 4 is 15.9 Å². The van der Waals surface area contributed by atoms with Crippen LogP contribution in [0.25, 0.3) is 0 Å². The Labute approximate surface area is 123 Å². The van der Waals surface area contributed by atoms with Gasteiger partial charge in [0.1, 0.15) is 16.4 Å². The van der Waals surface area contributed by atoms with Crippen molar-refractivity contribution in [1.29, 1.82) is 0 Å². The molecule has 1 aromatic carbocycles. The molecule has 1 heterocycles. The first-order valence-electron chi connectivity index (χ1n) is 6.47. The van der Waals surface area contributed by atoms with Crippen molar-refractivity contribution in [2.24, 2.45) is 0 Å². The number of benzene rings is 1. The van der Waals surface area contributed by atoms with Gasteiger partial charge in [-0.15, -0.1) is 0 Å². The van der Waals surface area contributed by atoms with E-state index in [9.17, 15) is 13.2 Å². The maximum Gasteiger partial charge on any atom is 0.244 e. The van der Waals surface area contributed by atoms with Crippen LogP contribution >= 0.6 is 0 Å². The Morgan fingerprint density at radius 1 is 1.33 bits per heavy atom.